The minimum Gasteiger partial charge on any atom is -0.490 e. The van der Waals surface area contributed by atoms with Crippen molar-refractivity contribution in [3.8, 4) is 22.8 Å². The van der Waals surface area contributed by atoms with E-state index in [-0.39, 0.29) is 16.8 Å². The van der Waals surface area contributed by atoms with Crippen molar-refractivity contribution in [3.05, 3.63) is 107 Å². The fraction of sp³-hybridized carbons (Fsp3) is 0.207. The summed E-state index contributed by atoms with van der Waals surface area (Å²) in [5.74, 6) is 1.33. The van der Waals surface area contributed by atoms with Crippen LogP contribution in [0, 0.1) is 10.1 Å². The molecule has 0 fully saturated rings. The lowest BCUT2D eigenvalue weighted by atomic mass is 9.97. The molecular weight excluding hydrogens is 550 g/mol. The van der Waals surface area contributed by atoms with Crippen molar-refractivity contribution in [2.24, 2.45) is 4.99 Å². The summed E-state index contributed by atoms with van der Waals surface area (Å²) < 4.78 is 24.2. The van der Waals surface area contributed by atoms with Gasteiger partial charge in [-0.1, -0.05) is 17.4 Å². The van der Waals surface area contributed by atoms with E-state index in [4.69, 9.17) is 18.6 Å². The molecule has 1 aliphatic heterocycles. The molecule has 1 atom stereocenters. The van der Waals surface area contributed by atoms with Gasteiger partial charge in [-0.15, -0.1) is 0 Å². The number of rotatable bonds is 9. The van der Waals surface area contributed by atoms with Crippen molar-refractivity contribution in [3.63, 3.8) is 0 Å². The predicted octanol–water partition coefficient (Wildman–Crippen LogP) is 3.98. The summed E-state index contributed by atoms with van der Waals surface area (Å²) in [5, 5.41) is 10.9. The molecule has 0 unspecified atom stereocenters. The molecule has 2 aromatic heterocycles. The predicted molar refractivity (Wildman–Crippen MR) is 151 cm³/mol. The van der Waals surface area contributed by atoms with E-state index < -0.39 is 16.9 Å². The zero-order valence-corrected chi connectivity index (χ0v) is 23.2. The van der Waals surface area contributed by atoms with Crippen LogP contribution < -0.4 is 24.4 Å². The van der Waals surface area contributed by atoms with Crippen LogP contribution in [-0.4, -0.2) is 35.8 Å². The van der Waals surface area contributed by atoms with Crippen LogP contribution in [0.4, 0.5) is 5.69 Å². The average Bonchev–Trinajstić information content (AvgIpc) is 3.57. The average molecular weight is 576 g/mol. The number of carbonyl (C=O) groups excluding carboxylic acids is 1. The van der Waals surface area contributed by atoms with Crippen molar-refractivity contribution in [2.75, 3.05) is 20.3 Å². The lowest BCUT2D eigenvalue weighted by Gasteiger charge is -2.23. The molecule has 3 heterocycles. The Kier molecular flexibility index (Phi) is 7.83. The number of fused-ring (bicyclic) bond motifs is 1. The molecule has 4 aromatic rings. The molecule has 0 N–H and O–H groups in total. The summed E-state index contributed by atoms with van der Waals surface area (Å²) in [4.78, 5) is 41.8. The highest BCUT2D eigenvalue weighted by atomic mass is 32.1. The number of aromatic nitrogens is 1. The van der Waals surface area contributed by atoms with Crippen LogP contribution in [0.15, 0.2) is 80.6 Å². The molecule has 12 heteroatoms. The highest BCUT2D eigenvalue weighted by Crippen LogP contribution is 2.35. The number of methoxy groups -OCH3 is 1. The van der Waals surface area contributed by atoms with Gasteiger partial charge in [0.15, 0.2) is 16.3 Å². The van der Waals surface area contributed by atoms with E-state index >= 15 is 0 Å². The van der Waals surface area contributed by atoms with Crippen LogP contribution in [0.3, 0.4) is 0 Å². The van der Waals surface area contributed by atoms with E-state index in [0.29, 0.717) is 56.7 Å². The second kappa shape index (κ2) is 11.6. The molecule has 5 rings (SSSR count). The van der Waals surface area contributed by atoms with Crippen molar-refractivity contribution < 1.29 is 28.3 Å². The van der Waals surface area contributed by atoms with Gasteiger partial charge < -0.3 is 18.6 Å². The minimum absolute atomic E-state index is 0.0246. The highest BCUT2D eigenvalue weighted by Gasteiger charge is 2.31. The number of nitro groups is 1. The van der Waals surface area contributed by atoms with E-state index in [2.05, 4.69) is 4.99 Å². The molecule has 0 amide bonds. The first kappa shape index (κ1) is 27.6. The number of carbonyl (C=O) groups is 1. The molecule has 0 aliphatic carbocycles. The maximum Gasteiger partial charge on any atom is 0.337 e. The first-order chi connectivity index (χ1) is 19.8. The van der Waals surface area contributed by atoms with E-state index in [1.54, 1.807) is 48.5 Å². The Bertz CT molecular complexity index is 1830. The van der Waals surface area contributed by atoms with Crippen molar-refractivity contribution >= 4 is 29.1 Å². The minimum atomic E-state index is -0.817. The number of hydrogen-bond donors (Lipinski definition) is 0. The number of nitrogens with zero attached hydrogens (tertiary/aromatic N) is 3. The normalized spacial score (nSPS) is 14.6. The Hall–Kier alpha value is -4.97. The molecule has 0 radical (unpaired) electrons. The third kappa shape index (κ3) is 5.41. The molecule has 11 nitrogen and oxygen atoms in total. The third-order valence-electron chi connectivity index (χ3n) is 6.27. The van der Waals surface area contributed by atoms with Crippen molar-refractivity contribution in [1.29, 1.82) is 0 Å². The van der Waals surface area contributed by atoms with Gasteiger partial charge in [0.1, 0.15) is 11.5 Å². The second-order valence-corrected chi connectivity index (χ2v) is 9.76. The standard InChI is InChI=1S/C29H25N3O8S/c1-4-38-23-12-8-18(14-24(23)39-5-2)26-21(28(34)37-3)16-30-29-31(26)27(33)25(41-29)15-20-11-13-22(40-20)17-6-9-19(10-7-17)32(35)36/h6-16,26H,4-5H2,1-3H3/b25-15+/t26-/m0/s1. The fourth-order valence-electron chi connectivity index (χ4n) is 4.45. The number of esters is 1. The van der Waals surface area contributed by atoms with Gasteiger partial charge in [0, 0.05) is 30.0 Å². The number of benzene rings is 2. The zero-order valence-electron chi connectivity index (χ0n) is 22.4. The Morgan fingerprint density at radius 3 is 2.51 bits per heavy atom. The molecule has 0 spiro atoms. The lowest BCUT2D eigenvalue weighted by molar-refractivity contribution is -0.384. The van der Waals surface area contributed by atoms with Crippen LogP contribution >= 0.6 is 11.3 Å². The lowest BCUT2D eigenvalue weighted by Crippen LogP contribution is -2.39. The summed E-state index contributed by atoms with van der Waals surface area (Å²) in [7, 11) is 1.27. The van der Waals surface area contributed by atoms with E-state index in [1.165, 1.54) is 30.0 Å². The SMILES string of the molecule is CCOc1ccc([C@H]2C(C(=O)OC)=CN=c3s/c(=C/c4ccc(-c5ccc([N+](=O)[O-])cc5)o4)c(=O)n32)cc1OCC. The monoisotopic (exact) mass is 575 g/mol. The summed E-state index contributed by atoms with van der Waals surface area (Å²) in [6, 6.07) is 13.9. The van der Waals surface area contributed by atoms with Crippen LogP contribution in [0.25, 0.3) is 17.4 Å². The first-order valence-electron chi connectivity index (χ1n) is 12.7. The molecule has 2 aromatic carbocycles. The van der Waals surface area contributed by atoms with Gasteiger partial charge >= 0.3 is 5.97 Å². The summed E-state index contributed by atoms with van der Waals surface area (Å²) in [6.07, 6.45) is 3.02. The Morgan fingerprint density at radius 1 is 1.10 bits per heavy atom. The summed E-state index contributed by atoms with van der Waals surface area (Å²) in [5.41, 5.74) is 1.07. The van der Waals surface area contributed by atoms with Gasteiger partial charge in [0.25, 0.3) is 11.2 Å². The summed E-state index contributed by atoms with van der Waals surface area (Å²) in [6.45, 7) is 4.57. The Morgan fingerprint density at radius 2 is 1.83 bits per heavy atom. The Labute approximate surface area is 237 Å². The highest BCUT2D eigenvalue weighted by molar-refractivity contribution is 7.07. The van der Waals surface area contributed by atoms with E-state index in [0.717, 1.165) is 11.3 Å². The molecule has 0 saturated heterocycles. The van der Waals surface area contributed by atoms with Gasteiger partial charge in [0.05, 0.1) is 41.4 Å². The van der Waals surface area contributed by atoms with Crippen LogP contribution in [0.1, 0.15) is 31.2 Å². The number of ether oxygens (including phenoxy) is 3. The molecule has 41 heavy (non-hydrogen) atoms. The largest absolute Gasteiger partial charge is 0.490 e. The van der Waals surface area contributed by atoms with Gasteiger partial charge in [-0.2, -0.15) is 0 Å². The van der Waals surface area contributed by atoms with Crippen LogP contribution in [0.2, 0.25) is 0 Å². The number of furan rings is 1. The quantitative estimate of drug-likeness (QED) is 0.166. The number of non-ortho nitro benzene ring substituents is 1. The zero-order chi connectivity index (χ0) is 29.1. The van der Waals surface area contributed by atoms with Crippen molar-refractivity contribution in [2.45, 2.75) is 19.9 Å². The molecule has 1 aliphatic rings. The molecule has 210 valence electrons. The van der Waals surface area contributed by atoms with Crippen LogP contribution in [-0.2, 0) is 9.53 Å². The van der Waals surface area contributed by atoms with E-state index in [1.807, 2.05) is 13.8 Å². The van der Waals surface area contributed by atoms with Crippen LogP contribution in [0.5, 0.6) is 11.5 Å². The molecule has 0 saturated carbocycles. The summed E-state index contributed by atoms with van der Waals surface area (Å²) >= 11 is 1.15. The fourth-order valence-corrected chi connectivity index (χ4v) is 5.40. The van der Waals surface area contributed by atoms with Gasteiger partial charge in [-0.05, 0) is 55.8 Å². The molecular formula is C29H25N3O8S. The Balaban J connectivity index is 1.58. The topological polar surface area (TPSA) is 135 Å². The third-order valence-corrected chi connectivity index (χ3v) is 7.27. The van der Waals surface area contributed by atoms with Gasteiger partial charge in [0.2, 0.25) is 0 Å². The maximum atomic E-state index is 13.8. The first-order valence-corrected chi connectivity index (χ1v) is 13.5. The van der Waals surface area contributed by atoms with Gasteiger partial charge in [-0.25, -0.2) is 9.79 Å². The molecule has 0 bridgehead atoms. The smallest absolute Gasteiger partial charge is 0.337 e. The van der Waals surface area contributed by atoms with E-state index in [9.17, 15) is 19.7 Å². The number of thiazole rings is 1. The second-order valence-electron chi connectivity index (χ2n) is 8.75. The van der Waals surface area contributed by atoms with Crippen molar-refractivity contribution in [1.82, 2.24) is 4.57 Å². The number of nitro benzene ring substituents is 1. The van der Waals surface area contributed by atoms with Gasteiger partial charge in [-0.3, -0.25) is 19.5 Å². The number of hydrogen-bond acceptors (Lipinski definition) is 10. The maximum absolute atomic E-state index is 13.8.